The Morgan fingerprint density at radius 3 is 2.90 bits per heavy atom. The van der Waals surface area contributed by atoms with E-state index in [4.69, 9.17) is 5.73 Å². The summed E-state index contributed by atoms with van der Waals surface area (Å²) in [7, 11) is 0. The van der Waals surface area contributed by atoms with Crippen molar-refractivity contribution in [1.82, 2.24) is 9.88 Å². The molecule has 21 heavy (non-hydrogen) atoms. The number of pyridine rings is 1. The number of hydrogen-bond donors (Lipinski definition) is 1. The predicted octanol–water partition coefficient (Wildman–Crippen LogP) is 3.51. The van der Waals surface area contributed by atoms with Gasteiger partial charge in [-0.05, 0) is 51.7 Å². The second kappa shape index (κ2) is 5.30. The Morgan fingerprint density at radius 2 is 2.19 bits per heavy atom. The maximum absolute atomic E-state index is 12.8. The van der Waals surface area contributed by atoms with Gasteiger partial charge < -0.3 is 10.6 Å². The van der Waals surface area contributed by atoms with E-state index in [1.165, 1.54) is 17.8 Å². The van der Waals surface area contributed by atoms with E-state index in [-0.39, 0.29) is 5.91 Å². The lowest BCUT2D eigenvalue weighted by atomic mass is 10.0. The molecule has 0 bridgehead atoms. The molecule has 0 saturated carbocycles. The highest BCUT2D eigenvalue weighted by Gasteiger charge is 2.28. The molecule has 1 fully saturated rings. The Bertz CT molecular complexity index is 707. The number of nitrogens with two attached hydrogens (primary N) is 1. The van der Waals surface area contributed by atoms with Gasteiger partial charge in [0.05, 0.1) is 5.69 Å². The Morgan fingerprint density at radius 1 is 1.43 bits per heavy atom. The van der Waals surface area contributed by atoms with Crippen molar-refractivity contribution in [1.29, 1.82) is 0 Å². The van der Waals surface area contributed by atoms with E-state index in [9.17, 15) is 4.79 Å². The molecule has 5 heteroatoms. The highest BCUT2D eigenvalue weighted by molar-refractivity contribution is 7.21. The van der Waals surface area contributed by atoms with Gasteiger partial charge in [0.1, 0.15) is 9.71 Å². The number of aromatic nitrogens is 1. The normalized spacial score (nSPS) is 19.2. The van der Waals surface area contributed by atoms with Crippen molar-refractivity contribution < 1.29 is 4.79 Å². The Kier molecular flexibility index (Phi) is 3.61. The van der Waals surface area contributed by atoms with Gasteiger partial charge in [0, 0.05) is 23.7 Å². The molecule has 3 heterocycles. The van der Waals surface area contributed by atoms with Crippen molar-refractivity contribution in [3.8, 4) is 0 Å². The van der Waals surface area contributed by atoms with Crippen LogP contribution in [0.25, 0.3) is 10.2 Å². The maximum Gasteiger partial charge on any atom is 0.266 e. The maximum atomic E-state index is 12.8. The van der Waals surface area contributed by atoms with Crippen molar-refractivity contribution in [3.63, 3.8) is 0 Å². The van der Waals surface area contributed by atoms with Gasteiger partial charge in [0.25, 0.3) is 5.91 Å². The summed E-state index contributed by atoms with van der Waals surface area (Å²) in [6.07, 6.45) is 3.36. The van der Waals surface area contributed by atoms with Crippen LogP contribution in [0.15, 0.2) is 6.07 Å². The molecule has 2 aromatic heterocycles. The van der Waals surface area contributed by atoms with Gasteiger partial charge in [-0.3, -0.25) is 4.79 Å². The number of piperidine rings is 1. The van der Waals surface area contributed by atoms with Gasteiger partial charge in [-0.15, -0.1) is 11.3 Å². The molecule has 1 atom stereocenters. The lowest BCUT2D eigenvalue weighted by Crippen LogP contribution is -2.41. The third-order valence-corrected chi connectivity index (χ3v) is 5.37. The van der Waals surface area contributed by atoms with E-state index in [1.807, 2.05) is 24.8 Å². The van der Waals surface area contributed by atoms with Crippen molar-refractivity contribution in [3.05, 3.63) is 22.2 Å². The minimum Gasteiger partial charge on any atom is -0.397 e. The molecule has 0 radical (unpaired) electrons. The van der Waals surface area contributed by atoms with Crippen LogP contribution >= 0.6 is 11.3 Å². The number of aryl methyl sites for hydroxylation is 2. The van der Waals surface area contributed by atoms with E-state index in [0.29, 0.717) is 16.6 Å². The standard InChI is InChI=1S/C16H21N3OS/c1-9-8-10(2)18-15-12(9)13(17)14(21-15)16(20)19-7-5-4-6-11(19)3/h8,11H,4-7,17H2,1-3H3. The SMILES string of the molecule is Cc1cc(C)c2c(N)c(C(=O)N3CCCCC3C)sc2n1. The molecule has 112 valence electrons. The quantitative estimate of drug-likeness (QED) is 0.877. The second-order valence-corrected chi connectivity index (χ2v) is 6.95. The molecule has 1 saturated heterocycles. The molecule has 1 aliphatic rings. The Balaban J connectivity index is 2.06. The van der Waals surface area contributed by atoms with Crippen molar-refractivity contribution >= 4 is 33.1 Å². The molecular weight excluding hydrogens is 282 g/mol. The molecule has 1 unspecified atom stereocenters. The molecule has 0 aliphatic carbocycles. The monoisotopic (exact) mass is 303 g/mol. The molecule has 1 aliphatic heterocycles. The second-order valence-electron chi connectivity index (χ2n) is 5.95. The number of likely N-dealkylation sites (tertiary alicyclic amines) is 1. The van der Waals surface area contributed by atoms with Crippen LogP contribution in [0.4, 0.5) is 5.69 Å². The molecule has 2 N–H and O–H groups in total. The van der Waals surface area contributed by atoms with Gasteiger partial charge >= 0.3 is 0 Å². The first kappa shape index (κ1) is 14.3. The van der Waals surface area contributed by atoms with Crippen molar-refractivity contribution in [2.75, 3.05) is 12.3 Å². The zero-order chi connectivity index (χ0) is 15.1. The number of nitrogens with zero attached hydrogens (tertiary/aromatic N) is 2. The average Bonchev–Trinajstić information content (AvgIpc) is 2.75. The zero-order valence-corrected chi connectivity index (χ0v) is 13.6. The van der Waals surface area contributed by atoms with E-state index >= 15 is 0 Å². The summed E-state index contributed by atoms with van der Waals surface area (Å²) in [6, 6.07) is 2.31. The number of rotatable bonds is 1. The number of nitrogen functional groups attached to an aromatic ring is 1. The summed E-state index contributed by atoms with van der Waals surface area (Å²) >= 11 is 1.43. The molecule has 3 rings (SSSR count). The zero-order valence-electron chi connectivity index (χ0n) is 12.8. The minimum absolute atomic E-state index is 0.0692. The van der Waals surface area contributed by atoms with Gasteiger partial charge in [-0.1, -0.05) is 0 Å². The van der Waals surface area contributed by atoms with E-state index in [0.717, 1.165) is 40.9 Å². The molecule has 0 spiro atoms. The smallest absolute Gasteiger partial charge is 0.266 e. The summed E-state index contributed by atoms with van der Waals surface area (Å²) in [5.41, 5.74) is 8.92. The number of anilines is 1. The van der Waals surface area contributed by atoms with Crippen molar-refractivity contribution in [2.24, 2.45) is 0 Å². The fraction of sp³-hybridized carbons (Fsp3) is 0.500. The summed E-state index contributed by atoms with van der Waals surface area (Å²) in [5, 5.41) is 0.943. The minimum atomic E-state index is 0.0692. The van der Waals surface area contributed by atoms with Crippen LogP contribution in [-0.4, -0.2) is 28.4 Å². The summed E-state index contributed by atoms with van der Waals surface area (Å²) in [4.78, 5) is 20.8. The molecule has 2 aromatic rings. The highest BCUT2D eigenvalue weighted by atomic mass is 32.1. The largest absolute Gasteiger partial charge is 0.397 e. The molecular formula is C16H21N3OS. The third-order valence-electron chi connectivity index (χ3n) is 4.28. The number of carbonyl (C=O) groups is 1. The van der Waals surface area contributed by atoms with Crippen molar-refractivity contribution in [2.45, 2.75) is 46.1 Å². The third kappa shape index (κ3) is 2.39. The number of hydrogen-bond acceptors (Lipinski definition) is 4. The number of amides is 1. The average molecular weight is 303 g/mol. The van der Waals surface area contributed by atoms with Gasteiger partial charge in [-0.2, -0.15) is 0 Å². The highest BCUT2D eigenvalue weighted by Crippen LogP contribution is 2.36. The molecule has 4 nitrogen and oxygen atoms in total. The van der Waals surface area contributed by atoms with Crippen LogP contribution < -0.4 is 5.73 Å². The Labute approximate surface area is 129 Å². The van der Waals surface area contributed by atoms with Crippen LogP contribution in [0.5, 0.6) is 0 Å². The van der Waals surface area contributed by atoms with Crippen LogP contribution in [-0.2, 0) is 0 Å². The van der Waals surface area contributed by atoms with Gasteiger partial charge in [0.2, 0.25) is 0 Å². The lowest BCUT2D eigenvalue weighted by molar-refractivity contribution is 0.0642. The first-order valence-electron chi connectivity index (χ1n) is 7.46. The van der Waals surface area contributed by atoms with Gasteiger partial charge in [0.15, 0.2) is 0 Å². The van der Waals surface area contributed by atoms with E-state index in [2.05, 4.69) is 11.9 Å². The number of thiophene rings is 1. The topological polar surface area (TPSA) is 59.2 Å². The predicted molar refractivity (Wildman–Crippen MR) is 87.9 cm³/mol. The Hall–Kier alpha value is -1.62. The fourth-order valence-electron chi connectivity index (χ4n) is 3.16. The first-order valence-corrected chi connectivity index (χ1v) is 8.28. The fourth-order valence-corrected chi connectivity index (χ4v) is 4.33. The first-order chi connectivity index (χ1) is 9.99. The van der Waals surface area contributed by atoms with E-state index < -0.39 is 0 Å². The molecule has 0 aromatic carbocycles. The number of carbonyl (C=O) groups excluding carboxylic acids is 1. The number of fused-ring (bicyclic) bond motifs is 1. The van der Waals surface area contributed by atoms with Crippen LogP contribution in [0.3, 0.4) is 0 Å². The van der Waals surface area contributed by atoms with Crippen LogP contribution in [0, 0.1) is 13.8 Å². The van der Waals surface area contributed by atoms with Crippen LogP contribution in [0.2, 0.25) is 0 Å². The van der Waals surface area contributed by atoms with Gasteiger partial charge in [-0.25, -0.2) is 4.98 Å². The lowest BCUT2D eigenvalue weighted by Gasteiger charge is -2.33. The van der Waals surface area contributed by atoms with E-state index in [1.54, 1.807) is 0 Å². The molecule has 1 amide bonds. The summed E-state index contributed by atoms with van der Waals surface area (Å²) in [5.74, 6) is 0.0692. The summed E-state index contributed by atoms with van der Waals surface area (Å²) < 4.78 is 0. The summed E-state index contributed by atoms with van der Waals surface area (Å²) in [6.45, 7) is 6.95. The van der Waals surface area contributed by atoms with Crippen LogP contribution in [0.1, 0.15) is 47.1 Å².